The number of aryl methyl sites for hydroxylation is 1. The van der Waals surface area contributed by atoms with Crippen molar-refractivity contribution in [3.05, 3.63) is 26.3 Å². The van der Waals surface area contributed by atoms with Gasteiger partial charge in [0.2, 0.25) is 0 Å². The number of hydrogen-bond donors (Lipinski definition) is 1. The fraction of sp³-hybridized carbons (Fsp3) is 0.143. The monoisotopic (exact) mass is 267 g/mol. The summed E-state index contributed by atoms with van der Waals surface area (Å²) < 4.78 is 1.12. The molecule has 0 aromatic heterocycles. The van der Waals surface area contributed by atoms with E-state index in [0.717, 1.165) is 9.13 Å². The summed E-state index contributed by atoms with van der Waals surface area (Å²) in [6.07, 6.45) is 0. The molecule has 1 nitrogen and oxygen atoms in total. The highest BCUT2D eigenvalue weighted by Gasteiger charge is 1.99. The van der Waals surface area contributed by atoms with Crippen molar-refractivity contribution < 1.29 is 0 Å². The minimum absolute atomic E-state index is 0.643. The van der Waals surface area contributed by atoms with Crippen LogP contribution < -0.4 is 5.73 Å². The van der Waals surface area contributed by atoms with Crippen molar-refractivity contribution in [2.45, 2.75) is 6.92 Å². The lowest BCUT2D eigenvalue weighted by Gasteiger charge is -2.01. The van der Waals surface area contributed by atoms with Crippen LogP contribution >= 0.6 is 34.2 Å². The topological polar surface area (TPSA) is 26.0 Å². The van der Waals surface area contributed by atoms with Crippen molar-refractivity contribution in [1.82, 2.24) is 0 Å². The molecule has 0 aliphatic carbocycles. The Morgan fingerprint density at radius 2 is 2.10 bits per heavy atom. The van der Waals surface area contributed by atoms with Gasteiger partial charge in [-0.3, -0.25) is 0 Å². The van der Waals surface area contributed by atoms with Crippen molar-refractivity contribution in [3.63, 3.8) is 0 Å². The highest BCUT2D eigenvalue weighted by Crippen LogP contribution is 2.24. The van der Waals surface area contributed by atoms with Crippen LogP contribution in [0.15, 0.2) is 12.1 Å². The molecular weight excluding hydrogens is 260 g/mol. The second-order valence-electron chi connectivity index (χ2n) is 2.12. The van der Waals surface area contributed by atoms with Gasteiger partial charge in [-0.1, -0.05) is 11.6 Å². The Balaban J connectivity index is 3.31. The van der Waals surface area contributed by atoms with Gasteiger partial charge in [-0.25, -0.2) is 0 Å². The molecule has 54 valence electrons. The van der Waals surface area contributed by atoms with Crippen LogP contribution in [-0.2, 0) is 0 Å². The van der Waals surface area contributed by atoms with Gasteiger partial charge in [-0.05, 0) is 47.2 Å². The van der Waals surface area contributed by atoms with Crippen LogP contribution in [-0.4, -0.2) is 0 Å². The Kier molecular flexibility index (Phi) is 2.41. The van der Waals surface area contributed by atoms with Crippen LogP contribution in [0, 0.1) is 10.5 Å². The number of benzene rings is 1. The van der Waals surface area contributed by atoms with E-state index >= 15 is 0 Å². The lowest BCUT2D eigenvalue weighted by molar-refractivity contribution is 1.45. The molecule has 0 bridgehead atoms. The smallest absolute Gasteiger partial charge is 0.0648 e. The van der Waals surface area contributed by atoms with Crippen LogP contribution in [0.2, 0.25) is 5.02 Å². The summed E-state index contributed by atoms with van der Waals surface area (Å²) >= 11 is 8.00. The van der Waals surface area contributed by atoms with Gasteiger partial charge in [0.15, 0.2) is 0 Å². The predicted molar refractivity (Wildman–Crippen MR) is 53.3 cm³/mol. The largest absolute Gasteiger partial charge is 0.397 e. The molecule has 0 spiro atoms. The number of hydrogen-bond acceptors (Lipinski definition) is 1. The fourth-order valence-electron chi connectivity index (χ4n) is 0.713. The van der Waals surface area contributed by atoms with Crippen molar-refractivity contribution in [3.8, 4) is 0 Å². The normalized spacial score (nSPS) is 9.90. The molecule has 1 aromatic carbocycles. The SMILES string of the molecule is Cc1cc(I)cc(Cl)c1N. The molecule has 0 saturated carbocycles. The third-order valence-corrected chi connectivity index (χ3v) is 2.24. The molecule has 0 amide bonds. The quantitative estimate of drug-likeness (QED) is 0.568. The zero-order valence-electron chi connectivity index (χ0n) is 5.49. The third-order valence-electron chi connectivity index (χ3n) is 1.30. The van der Waals surface area contributed by atoms with Crippen LogP contribution in [0.5, 0.6) is 0 Å². The van der Waals surface area contributed by atoms with Gasteiger partial charge in [0.25, 0.3) is 0 Å². The fourth-order valence-corrected chi connectivity index (χ4v) is 1.94. The zero-order valence-corrected chi connectivity index (χ0v) is 8.40. The van der Waals surface area contributed by atoms with Crippen LogP contribution in [0.1, 0.15) is 5.56 Å². The average Bonchev–Trinajstić information content (AvgIpc) is 1.82. The molecule has 0 aliphatic heterocycles. The molecule has 0 atom stereocenters. The van der Waals surface area contributed by atoms with Crippen molar-refractivity contribution in [2.24, 2.45) is 0 Å². The van der Waals surface area contributed by atoms with Crippen LogP contribution in [0.4, 0.5) is 5.69 Å². The molecule has 0 radical (unpaired) electrons. The Labute approximate surface area is 78.7 Å². The van der Waals surface area contributed by atoms with Gasteiger partial charge in [0.05, 0.1) is 10.7 Å². The number of halogens is 2. The molecule has 0 aliphatic rings. The molecule has 0 heterocycles. The lowest BCUT2D eigenvalue weighted by atomic mass is 10.2. The van der Waals surface area contributed by atoms with Crippen molar-refractivity contribution in [2.75, 3.05) is 5.73 Å². The standard InChI is InChI=1S/C7H7ClIN/c1-4-2-5(9)3-6(8)7(4)10/h2-3H,10H2,1H3. The molecule has 2 N–H and O–H groups in total. The van der Waals surface area contributed by atoms with Gasteiger partial charge in [-0.2, -0.15) is 0 Å². The first-order valence-electron chi connectivity index (χ1n) is 2.82. The Bertz CT molecular complexity index is 237. The first kappa shape index (κ1) is 8.14. The van der Waals surface area contributed by atoms with E-state index in [-0.39, 0.29) is 0 Å². The maximum absolute atomic E-state index is 5.79. The first-order valence-corrected chi connectivity index (χ1v) is 4.28. The van der Waals surface area contributed by atoms with Crippen molar-refractivity contribution in [1.29, 1.82) is 0 Å². The van der Waals surface area contributed by atoms with E-state index in [4.69, 9.17) is 17.3 Å². The number of rotatable bonds is 0. The predicted octanol–water partition coefficient (Wildman–Crippen LogP) is 2.84. The maximum Gasteiger partial charge on any atom is 0.0648 e. The van der Waals surface area contributed by atoms with Crippen molar-refractivity contribution >= 4 is 39.9 Å². The molecule has 0 fully saturated rings. The summed E-state index contributed by atoms with van der Waals surface area (Å²) in [5, 5.41) is 0.643. The summed E-state index contributed by atoms with van der Waals surface area (Å²) in [6, 6.07) is 3.85. The average molecular weight is 267 g/mol. The van der Waals surface area contributed by atoms with E-state index in [9.17, 15) is 0 Å². The molecule has 3 heteroatoms. The second kappa shape index (κ2) is 2.96. The minimum Gasteiger partial charge on any atom is -0.397 e. The van der Waals surface area contributed by atoms with E-state index in [1.165, 1.54) is 0 Å². The minimum atomic E-state index is 0.643. The second-order valence-corrected chi connectivity index (χ2v) is 3.77. The molecule has 0 saturated heterocycles. The van der Waals surface area contributed by atoms with E-state index in [1.807, 2.05) is 19.1 Å². The third kappa shape index (κ3) is 1.55. The van der Waals surface area contributed by atoms with E-state index < -0.39 is 0 Å². The number of nitrogens with two attached hydrogens (primary N) is 1. The Morgan fingerprint density at radius 1 is 1.50 bits per heavy atom. The molecule has 1 aromatic rings. The summed E-state index contributed by atoms with van der Waals surface area (Å²) in [7, 11) is 0. The van der Waals surface area contributed by atoms with Crippen LogP contribution in [0.3, 0.4) is 0 Å². The van der Waals surface area contributed by atoms with Gasteiger partial charge < -0.3 is 5.73 Å². The lowest BCUT2D eigenvalue weighted by Crippen LogP contribution is -1.90. The van der Waals surface area contributed by atoms with Gasteiger partial charge in [-0.15, -0.1) is 0 Å². The molecule has 0 unspecified atom stereocenters. The summed E-state index contributed by atoms with van der Waals surface area (Å²) in [5.41, 5.74) is 7.34. The Hall–Kier alpha value is 0.0400. The highest BCUT2D eigenvalue weighted by molar-refractivity contribution is 14.1. The van der Waals surface area contributed by atoms with E-state index in [0.29, 0.717) is 10.7 Å². The summed E-state index contributed by atoms with van der Waals surface area (Å²) in [4.78, 5) is 0. The number of anilines is 1. The van der Waals surface area contributed by atoms with E-state index in [1.54, 1.807) is 0 Å². The van der Waals surface area contributed by atoms with Gasteiger partial charge in [0.1, 0.15) is 0 Å². The highest BCUT2D eigenvalue weighted by atomic mass is 127. The number of nitrogen functional groups attached to an aromatic ring is 1. The van der Waals surface area contributed by atoms with Gasteiger partial charge >= 0.3 is 0 Å². The summed E-state index contributed by atoms with van der Waals surface area (Å²) in [5.74, 6) is 0. The maximum atomic E-state index is 5.79. The summed E-state index contributed by atoms with van der Waals surface area (Å²) in [6.45, 7) is 1.95. The molecule has 10 heavy (non-hydrogen) atoms. The van der Waals surface area contributed by atoms with E-state index in [2.05, 4.69) is 22.6 Å². The molecular formula is C7H7ClIN. The van der Waals surface area contributed by atoms with Gasteiger partial charge in [0, 0.05) is 3.57 Å². The van der Waals surface area contributed by atoms with Crippen LogP contribution in [0.25, 0.3) is 0 Å². The first-order chi connectivity index (χ1) is 4.61. The molecule has 1 rings (SSSR count). The Morgan fingerprint density at radius 3 is 2.60 bits per heavy atom. The zero-order chi connectivity index (χ0) is 7.72.